The van der Waals surface area contributed by atoms with Gasteiger partial charge in [0.05, 0.1) is 18.8 Å². The third-order valence-electron chi connectivity index (χ3n) is 3.55. The van der Waals surface area contributed by atoms with Crippen molar-refractivity contribution in [1.82, 2.24) is 4.90 Å². The summed E-state index contributed by atoms with van der Waals surface area (Å²) in [5.41, 5.74) is 5.80. The van der Waals surface area contributed by atoms with Crippen molar-refractivity contribution in [1.29, 1.82) is 0 Å². The maximum atomic E-state index is 12.6. The minimum atomic E-state index is -1.06. The van der Waals surface area contributed by atoms with E-state index in [-0.39, 0.29) is 12.4 Å². The number of fused-ring (bicyclic) bond motifs is 1. The molecule has 0 spiro atoms. The molecule has 0 bridgehead atoms. The number of hydrogen-bond acceptors (Lipinski definition) is 5. The van der Waals surface area contributed by atoms with Crippen LogP contribution in [0.15, 0.2) is 24.3 Å². The van der Waals surface area contributed by atoms with E-state index in [1.165, 1.54) is 0 Å². The van der Waals surface area contributed by atoms with Gasteiger partial charge in [-0.1, -0.05) is 12.1 Å². The van der Waals surface area contributed by atoms with E-state index in [2.05, 4.69) is 0 Å². The summed E-state index contributed by atoms with van der Waals surface area (Å²) in [5.74, 6) is 0.558. The van der Waals surface area contributed by atoms with Gasteiger partial charge in [0.2, 0.25) is 5.78 Å². The topological polar surface area (TPSA) is 64.8 Å². The molecule has 2 N–H and O–H groups in total. The molecule has 1 aromatic carbocycles. The summed E-state index contributed by atoms with van der Waals surface area (Å²) < 4.78 is 10.9. The Morgan fingerprint density at radius 2 is 1.94 bits per heavy atom. The van der Waals surface area contributed by atoms with Gasteiger partial charge in [-0.05, 0) is 12.1 Å². The quantitative estimate of drug-likeness (QED) is 0.771. The number of morpholine rings is 1. The second kappa shape index (κ2) is 4.35. The molecule has 0 saturated carbocycles. The maximum absolute atomic E-state index is 12.6. The van der Waals surface area contributed by atoms with Crippen molar-refractivity contribution < 1.29 is 14.3 Å². The van der Waals surface area contributed by atoms with Crippen molar-refractivity contribution in [2.45, 2.75) is 5.66 Å². The van der Waals surface area contributed by atoms with E-state index in [9.17, 15) is 4.79 Å². The molecule has 96 valence electrons. The molecule has 0 amide bonds. The van der Waals surface area contributed by atoms with Gasteiger partial charge in [0, 0.05) is 13.1 Å². The lowest BCUT2D eigenvalue weighted by Gasteiger charge is -2.43. The van der Waals surface area contributed by atoms with Crippen molar-refractivity contribution in [3.63, 3.8) is 0 Å². The van der Waals surface area contributed by atoms with Gasteiger partial charge in [-0.15, -0.1) is 0 Å². The number of nitrogens with zero attached hydrogens (tertiary/aromatic N) is 1. The summed E-state index contributed by atoms with van der Waals surface area (Å²) >= 11 is 0. The summed E-state index contributed by atoms with van der Waals surface area (Å²) in [4.78, 5) is 14.5. The van der Waals surface area contributed by atoms with Crippen LogP contribution in [-0.4, -0.2) is 49.3 Å². The molecule has 1 unspecified atom stereocenters. The molecule has 2 aliphatic heterocycles. The number of ketones is 1. The summed E-state index contributed by atoms with van der Waals surface area (Å²) in [5, 5.41) is 0. The Hall–Kier alpha value is -1.43. The third-order valence-corrected chi connectivity index (χ3v) is 3.55. The van der Waals surface area contributed by atoms with Crippen molar-refractivity contribution in [3.8, 4) is 5.75 Å². The van der Waals surface area contributed by atoms with Crippen LogP contribution < -0.4 is 10.5 Å². The van der Waals surface area contributed by atoms with E-state index >= 15 is 0 Å². The van der Waals surface area contributed by atoms with Crippen LogP contribution in [-0.2, 0) is 4.74 Å². The lowest BCUT2D eigenvalue weighted by Crippen LogP contribution is -2.68. The van der Waals surface area contributed by atoms with Crippen molar-refractivity contribution in [2.75, 3.05) is 32.9 Å². The van der Waals surface area contributed by atoms with Gasteiger partial charge in [0.15, 0.2) is 5.66 Å². The molecule has 0 radical (unpaired) electrons. The van der Waals surface area contributed by atoms with E-state index in [1.807, 2.05) is 17.0 Å². The van der Waals surface area contributed by atoms with Gasteiger partial charge < -0.3 is 15.2 Å². The minimum absolute atomic E-state index is 0.0637. The number of ether oxygens (including phenoxy) is 2. The molecule has 1 fully saturated rings. The van der Waals surface area contributed by atoms with Gasteiger partial charge in [0.1, 0.15) is 12.4 Å². The van der Waals surface area contributed by atoms with Crippen LogP contribution in [0.5, 0.6) is 5.75 Å². The lowest BCUT2D eigenvalue weighted by atomic mass is 9.94. The first kappa shape index (κ1) is 11.6. The summed E-state index contributed by atoms with van der Waals surface area (Å²) in [6, 6.07) is 7.24. The number of nitrogens with two attached hydrogens (primary N) is 1. The van der Waals surface area contributed by atoms with E-state index in [4.69, 9.17) is 15.2 Å². The number of carbonyl (C=O) groups excluding carboxylic acids is 1. The van der Waals surface area contributed by atoms with Crippen LogP contribution in [0.2, 0.25) is 0 Å². The van der Waals surface area contributed by atoms with Crippen molar-refractivity contribution >= 4 is 5.78 Å². The fourth-order valence-electron chi connectivity index (χ4n) is 2.46. The second-order valence-electron chi connectivity index (χ2n) is 4.64. The molecule has 3 rings (SSSR count). The molecule has 5 nitrogen and oxygen atoms in total. The Kier molecular flexibility index (Phi) is 2.81. The van der Waals surface area contributed by atoms with E-state index < -0.39 is 5.66 Å². The SMILES string of the molecule is NC1(N2CCOCC2)COc2ccccc2C1=O. The summed E-state index contributed by atoms with van der Waals surface area (Å²) in [7, 11) is 0. The van der Waals surface area contributed by atoms with Gasteiger partial charge in [-0.25, -0.2) is 0 Å². The standard InChI is InChI=1S/C13H16N2O3/c14-13(15-5-7-17-8-6-15)9-18-11-4-2-1-3-10(11)12(13)16/h1-4H,5-9,14H2. The number of Topliss-reactive ketones (excluding diaryl/α,β-unsaturated/α-hetero) is 1. The average Bonchev–Trinajstić information content (AvgIpc) is 2.44. The van der Waals surface area contributed by atoms with Gasteiger partial charge in [0.25, 0.3) is 0 Å². The molecular formula is C13H16N2O3. The zero-order valence-electron chi connectivity index (χ0n) is 10.1. The summed E-state index contributed by atoms with van der Waals surface area (Å²) in [6.45, 7) is 2.73. The molecular weight excluding hydrogens is 232 g/mol. The molecule has 1 atom stereocenters. The predicted octanol–water partition coefficient (Wildman–Crippen LogP) is 0.249. The molecule has 1 saturated heterocycles. The number of para-hydroxylation sites is 1. The second-order valence-corrected chi connectivity index (χ2v) is 4.64. The van der Waals surface area contributed by atoms with Crippen molar-refractivity contribution in [2.24, 2.45) is 5.73 Å². The van der Waals surface area contributed by atoms with Gasteiger partial charge >= 0.3 is 0 Å². The van der Waals surface area contributed by atoms with E-state index in [0.717, 1.165) is 0 Å². The first-order chi connectivity index (χ1) is 8.72. The zero-order chi connectivity index (χ0) is 12.6. The highest BCUT2D eigenvalue weighted by molar-refractivity contribution is 6.06. The molecule has 18 heavy (non-hydrogen) atoms. The van der Waals surface area contributed by atoms with Crippen molar-refractivity contribution in [3.05, 3.63) is 29.8 Å². The first-order valence-corrected chi connectivity index (χ1v) is 6.10. The van der Waals surface area contributed by atoms with Crippen LogP contribution in [0, 0.1) is 0 Å². The Morgan fingerprint density at radius 1 is 1.22 bits per heavy atom. The molecule has 5 heteroatoms. The Morgan fingerprint density at radius 3 is 2.72 bits per heavy atom. The number of rotatable bonds is 1. The van der Waals surface area contributed by atoms with Crippen LogP contribution in [0.3, 0.4) is 0 Å². The van der Waals surface area contributed by atoms with E-state index in [0.29, 0.717) is 37.6 Å². The van der Waals surface area contributed by atoms with Gasteiger partial charge in [-0.2, -0.15) is 0 Å². The molecule has 0 aliphatic carbocycles. The Labute approximate surface area is 105 Å². The highest BCUT2D eigenvalue weighted by Gasteiger charge is 2.45. The van der Waals surface area contributed by atoms with E-state index in [1.54, 1.807) is 12.1 Å². The Balaban J connectivity index is 1.93. The van der Waals surface area contributed by atoms with Crippen LogP contribution >= 0.6 is 0 Å². The molecule has 1 aromatic rings. The number of carbonyl (C=O) groups is 1. The monoisotopic (exact) mass is 248 g/mol. The van der Waals surface area contributed by atoms with Crippen LogP contribution in [0.4, 0.5) is 0 Å². The fourth-order valence-corrected chi connectivity index (χ4v) is 2.46. The van der Waals surface area contributed by atoms with Crippen LogP contribution in [0.1, 0.15) is 10.4 Å². The average molecular weight is 248 g/mol. The predicted molar refractivity (Wildman–Crippen MR) is 65.6 cm³/mol. The minimum Gasteiger partial charge on any atom is -0.489 e. The normalized spacial score (nSPS) is 28.6. The zero-order valence-corrected chi connectivity index (χ0v) is 10.1. The fraction of sp³-hybridized carbons (Fsp3) is 0.462. The summed E-state index contributed by atoms with van der Waals surface area (Å²) in [6.07, 6.45) is 0. The molecule has 2 heterocycles. The number of benzene rings is 1. The highest BCUT2D eigenvalue weighted by atomic mass is 16.5. The Bertz CT molecular complexity index is 471. The highest BCUT2D eigenvalue weighted by Crippen LogP contribution is 2.30. The lowest BCUT2D eigenvalue weighted by molar-refractivity contribution is -0.0305. The van der Waals surface area contributed by atoms with Crippen LogP contribution in [0.25, 0.3) is 0 Å². The third kappa shape index (κ3) is 1.71. The molecule has 2 aliphatic rings. The maximum Gasteiger partial charge on any atom is 0.204 e. The number of hydrogen-bond donors (Lipinski definition) is 1. The molecule has 0 aromatic heterocycles. The largest absolute Gasteiger partial charge is 0.489 e. The van der Waals surface area contributed by atoms with Gasteiger partial charge in [-0.3, -0.25) is 9.69 Å². The first-order valence-electron chi connectivity index (χ1n) is 6.10. The smallest absolute Gasteiger partial charge is 0.204 e.